The zero-order valence-electron chi connectivity index (χ0n) is 26.1. The van der Waals surface area contributed by atoms with Gasteiger partial charge in [0.1, 0.15) is 18.4 Å². The minimum Gasteiger partial charge on any atom is -0.355 e. The van der Waals surface area contributed by atoms with Gasteiger partial charge in [-0.05, 0) is 72.9 Å². The standard InChI is InChI=1S/C36H40FN3O4S/c1-5-38-36(42)34(23-28-9-7-6-8-10-28)39(24-29-13-17-31(37)18-14-29)35(41)25-40(32-19-15-30(16-20-32)26(2)3)45(43,44)33-21-11-27(4)12-22-33/h6-22,26,34H,5,23-25H2,1-4H3,(H,38,42)/t34-/m1/s1. The molecule has 4 rings (SSSR count). The number of aryl methyl sites for hydroxylation is 1. The number of nitrogens with one attached hydrogen (secondary N) is 1. The molecular formula is C36H40FN3O4S. The fourth-order valence-corrected chi connectivity index (χ4v) is 6.44. The third-order valence-electron chi connectivity index (χ3n) is 7.62. The van der Waals surface area contributed by atoms with Crippen molar-refractivity contribution >= 4 is 27.5 Å². The number of hydrogen-bond acceptors (Lipinski definition) is 4. The lowest BCUT2D eigenvalue weighted by molar-refractivity contribution is -0.140. The van der Waals surface area contributed by atoms with Gasteiger partial charge in [0, 0.05) is 19.5 Å². The van der Waals surface area contributed by atoms with Gasteiger partial charge in [0.15, 0.2) is 0 Å². The molecule has 0 heterocycles. The number of halogens is 1. The highest BCUT2D eigenvalue weighted by Gasteiger charge is 2.34. The minimum absolute atomic E-state index is 0.0293. The Morgan fingerprint density at radius 3 is 2.02 bits per heavy atom. The first kappa shape index (κ1) is 33.4. The summed E-state index contributed by atoms with van der Waals surface area (Å²) in [7, 11) is -4.19. The third-order valence-corrected chi connectivity index (χ3v) is 9.41. The highest BCUT2D eigenvalue weighted by atomic mass is 32.2. The van der Waals surface area contributed by atoms with E-state index in [0.717, 1.165) is 21.0 Å². The van der Waals surface area contributed by atoms with Gasteiger partial charge in [-0.3, -0.25) is 13.9 Å². The molecule has 0 aliphatic rings. The van der Waals surface area contributed by atoms with Crippen LogP contribution in [0.5, 0.6) is 0 Å². The summed E-state index contributed by atoms with van der Waals surface area (Å²) in [5.41, 5.74) is 3.68. The van der Waals surface area contributed by atoms with Gasteiger partial charge in [-0.15, -0.1) is 0 Å². The van der Waals surface area contributed by atoms with Crippen LogP contribution < -0.4 is 9.62 Å². The first-order valence-electron chi connectivity index (χ1n) is 15.0. The Balaban J connectivity index is 1.80. The van der Waals surface area contributed by atoms with Crippen molar-refractivity contribution in [3.63, 3.8) is 0 Å². The van der Waals surface area contributed by atoms with Crippen molar-refractivity contribution in [1.29, 1.82) is 0 Å². The molecule has 0 saturated carbocycles. The van der Waals surface area contributed by atoms with Crippen molar-refractivity contribution in [3.05, 3.63) is 131 Å². The largest absolute Gasteiger partial charge is 0.355 e. The monoisotopic (exact) mass is 629 g/mol. The Hall–Kier alpha value is -4.50. The number of hydrogen-bond donors (Lipinski definition) is 1. The predicted molar refractivity (Wildman–Crippen MR) is 176 cm³/mol. The van der Waals surface area contributed by atoms with Crippen molar-refractivity contribution in [2.75, 3.05) is 17.4 Å². The maximum atomic E-state index is 14.4. The van der Waals surface area contributed by atoms with Crippen molar-refractivity contribution in [3.8, 4) is 0 Å². The van der Waals surface area contributed by atoms with Gasteiger partial charge in [-0.25, -0.2) is 12.8 Å². The Bertz CT molecular complexity index is 1680. The first-order valence-corrected chi connectivity index (χ1v) is 16.5. The molecule has 0 aromatic heterocycles. The van der Waals surface area contributed by atoms with E-state index < -0.39 is 34.3 Å². The first-order chi connectivity index (χ1) is 21.5. The van der Waals surface area contributed by atoms with E-state index in [2.05, 4.69) is 5.32 Å². The SMILES string of the molecule is CCNC(=O)[C@@H](Cc1ccccc1)N(Cc1ccc(F)cc1)C(=O)CN(c1ccc(C(C)C)cc1)S(=O)(=O)c1ccc(C)cc1. The molecule has 45 heavy (non-hydrogen) atoms. The van der Waals surface area contributed by atoms with Gasteiger partial charge < -0.3 is 10.2 Å². The number of likely N-dealkylation sites (N-methyl/N-ethyl adjacent to an activating group) is 1. The summed E-state index contributed by atoms with van der Waals surface area (Å²) in [5, 5.41) is 2.83. The van der Waals surface area contributed by atoms with Crippen LogP contribution in [-0.2, 0) is 32.6 Å². The number of amides is 2. The van der Waals surface area contributed by atoms with Crippen LogP contribution in [0, 0.1) is 12.7 Å². The van der Waals surface area contributed by atoms with E-state index in [-0.39, 0.29) is 29.7 Å². The number of sulfonamides is 1. The van der Waals surface area contributed by atoms with Crippen LogP contribution in [0.25, 0.3) is 0 Å². The molecule has 4 aromatic carbocycles. The van der Waals surface area contributed by atoms with Gasteiger partial charge in [0.2, 0.25) is 11.8 Å². The molecule has 1 atom stereocenters. The normalized spacial score (nSPS) is 12.0. The summed E-state index contributed by atoms with van der Waals surface area (Å²) in [5.74, 6) is -1.15. The fraction of sp³-hybridized carbons (Fsp3) is 0.278. The summed E-state index contributed by atoms with van der Waals surface area (Å²) in [4.78, 5) is 29.4. The van der Waals surface area contributed by atoms with Gasteiger partial charge in [0.25, 0.3) is 10.0 Å². The summed E-state index contributed by atoms with van der Waals surface area (Å²) in [6.45, 7) is 7.51. The summed E-state index contributed by atoms with van der Waals surface area (Å²) in [6.07, 6.45) is 0.202. The quantitative estimate of drug-likeness (QED) is 0.190. The van der Waals surface area contributed by atoms with Gasteiger partial charge in [0.05, 0.1) is 10.6 Å². The van der Waals surface area contributed by atoms with Crippen LogP contribution in [0.4, 0.5) is 10.1 Å². The molecule has 0 aliphatic heterocycles. The smallest absolute Gasteiger partial charge is 0.264 e. The molecule has 0 aliphatic carbocycles. The van der Waals surface area contributed by atoms with E-state index in [1.54, 1.807) is 43.3 Å². The lowest BCUT2D eigenvalue weighted by atomic mass is 10.0. The van der Waals surface area contributed by atoms with Crippen LogP contribution in [-0.4, -0.2) is 44.3 Å². The van der Waals surface area contributed by atoms with Gasteiger partial charge >= 0.3 is 0 Å². The molecule has 0 spiro atoms. The molecule has 4 aromatic rings. The lowest BCUT2D eigenvalue weighted by Gasteiger charge is -2.34. The van der Waals surface area contributed by atoms with E-state index in [0.29, 0.717) is 17.8 Å². The number of nitrogens with zero attached hydrogens (tertiary/aromatic N) is 2. The average Bonchev–Trinajstić information content (AvgIpc) is 3.03. The topological polar surface area (TPSA) is 86.8 Å². The van der Waals surface area contributed by atoms with Crippen LogP contribution in [0.1, 0.15) is 48.9 Å². The van der Waals surface area contributed by atoms with E-state index in [1.807, 2.05) is 63.2 Å². The number of carbonyl (C=O) groups is 2. The van der Waals surface area contributed by atoms with E-state index >= 15 is 0 Å². The molecule has 2 amide bonds. The average molecular weight is 630 g/mol. The highest BCUT2D eigenvalue weighted by Crippen LogP contribution is 2.27. The Kier molecular flexibility index (Phi) is 11.1. The molecule has 236 valence electrons. The molecule has 0 bridgehead atoms. The molecule has 9 heteroatoms. The number of anilines is 1. The van der Waals surface area contributed by atoms with Crippen molar-refractivity contribution < 1.29 is 22.4 Å². The molecule has 0 fully saturated rings. The maximum Gasteiger partial charge on any atom is 0.264 e. The van der Waals surface area contributed by atoms with Crippen LogP contribution in [0.15, 0.2) is 108 Å². The summed E-state index contributed by atoms with van der Waals surface area (Å²) >= 11 is 0. The number of carbonyl (C=O) groups excluding carboxylic acids is 2. The second-order valence-electron chi connectivity index (χ2n) is 11.3. The predicted octanol–water partition coefficient (Wildman–Crippen LogP) is 6.23. The van der Waals surface area contributed by atoms with E-state index in [9.17, 15) is 22.4 Å². The van der Waals surface area contributed by atoms with Crippen LogP contribution >= 0.6 is 0 Å². The fourth-order valence-electron chi connectivity index (χ4n) is 5.02. The molecule has 1 N–H and O–H groups in total. The maximum absolute atomic E-state index is 14.4. The zero-order chi connectivity index (χ0) is 32.6. The van der Waals surface area contributed by atoms with Crippen molar-refractivity contribution in [2.45, 2.75) is 57.5 Å². The van der Waals surface area contributed by atoms with Gasteiger partial charge in [-0.1, -0.05) is 86.1 Å². The zero-order valence-corrected chi connectivity index (χ0v) is 26.9. The van der Waals surface area contributed by atoms with Crippen molar-refractivity contribution in [2.24, 2.45) is 0 Å². The molecule has 0 unspecified atom stereocenters. The molecule has 0 saturated heterocycles. The molecular weight excluding hydrogens is 589 g/mol. The van der Waals surface area contributed by atoms with E-state index in [4.69, 9.17) is 0 Å². The van der Waals surface area contributed by atoms with Crippen molar-refractivity contribution in [1.82, 2.24) is 10.2 Å². The molecule has 7 nitrogen and oxygen atoms in total. The third kappa shape index (κ3) is 8.57. The lowest BCUT2D eigenvalue weighted by Crippen LogP contribution is -2.53. The van der Waals surface area contributed by atoms with Crippen LogP contribution in [0.3, 0.4) is 0 Å². The van der Waals surface area contributed by atoms with Crippen LogP contribution in [0.2, 0.25) is 0 Å². The Morgan fingerprint density at radius 1 is 0.822 bits per heavy atom. The van der Waals surface area contributed by atoms with E-state index in [1.165, 1.54) is 29.2 Å². The Labute approximate surface area is 265 Å². The summed E-state index contributed by atoms with van der Waals surface area (Å²) in [6, 6.07) is 27.6. The number of benzene rings is 4. The summed E-state index contributed by atoms with van der Waals surface area (Å²) < 4.78 is 43.2. The second-order valence-corrected chi connectivity index (χ2v) is 13.2. The second kappa shape index (κ2) is 15.0. The Morgan fingerprint density at radius 2 is 1.44 bits per heavy atom. The van der Waals surface area contributed by atoms with Gasteiger partial charge in [-0.2, -0.15) is 0 Å². The minimum atomic E-state index is -4.19. The highest BCUT2D eigenvalue weighted by molar-refractivity contribution is 7.92. The number of rotatable bonds is 13. The molecule has 0 radical (unpaired) electrons.